The summed E-state index contributed by atoms with van der Waals surface area (Å²) < 4.78 is 36.7. The van der Waals surface area contributed by atoms with Crippen LogP contribution in [0.5, 0.6) is 11.5 Å². The van der Waals surface area contributed by atoms with Gasteiger partial charge in [-0.3, -0.25) is 9.59 Å². The van der Waals surface area contributed by atoms with Crippen LogP contribution < -0.4 is 20.1 Å². The molecule has 0 fully saturated rings. The first-order valence-electron chi connectivity index (χ1n) is 9.42. The van der Waals surface area contributed by atoms with Crippen molar-refractivity contribution in [2.45, 2.75) is 37.0 Å². The Bertz CT molecular complexity index is 1080. The lowest BCUT2D eigenvalue weighted by Gasteiger charge is -2.21. The van der Waals surface area contributed by atoms with E-state index in [1.807, 2.05) is 18.2 Å². The van der Waals surface area contributed by atoms with E-state index in [4.69, 9.17) is 9.47 Å². The Balaban J connectivity index is 1.70. The zero-order chi connectivity index (χ0) is 21.9. The van der Waals surface area contributed by atoms with Gasteiger partial charge in [-0.1, -0.05) is 18.2 Å². The smallest absolute Gasteiger partial charge is 0.262 e. The minimum Gasteiger partial charge on any atom is -0.496 e. The molecule has 2 aromatic rings. The van der Waals surface area contributed by atoms with Crippen LogP contribution in [0.25, 0.3) is 0 Å². The normalized spacial score (nSPS) is 14.2. The van der Waals surface area contributed by atoms with E-state index in [1.165, 1.54) is 13.0 Å². The van der Waals surface area contributed by atoms with Gasteiger partial charge in [-0.05, 0) is 31.5 Å². The van der Waals surface area contributed by atoms with Gasteiger partial charge in [0, 0.05) is 24.6 Å². The van der Waals surface area contributed by atoms with Crippen LogP contribution in [0.4, 0.5) is 5.69 Å². The summed E-state index contributed by atoms with van der Waals surface area (Å²) in [6.45, 7) is 3.21. The van der Waals surface area contributed by atoms with Crippen molar-refractivity contribution in [2.75, 3.05) is 19.0 Å². The van der Waals surface area contributed by atoms with Crippen molar-refractivity contribution in [1.29, 1.82) is 0 Å². The monoisotopic (exact) mass is 432 g/mol. The summed E-state index contributed by atoms with van der Waals surface area (Å²) >= 11 is 0. The molecule has 160 valence electrons. The number of carbonyl (C=O) groups is 2. The average molecular weight is 432 g/mol. The fraction of sp³-hybridized carbons (Fsp3) is 0.333. The predicted molar refractivity (Wildman–Crippen MR) is 111 cm³/mol. The molecule has 2 N–H and O–H groups in total. The lowest BCUT2D eigenvalue weighted by molar-refractivity contribution is -0.121. The molecular weight excluding hydrogens is 408 g/mol. The van der Waals surface area contributed by atoms with Gasteiger partial charge in [-0.25, -0.2) is 8.42 Å². The second kappa shape index (κ2) is 8.74. The highest BCUT2D eigenvalue weighted by molar-refractivity contribution is 7.92. The number of fused-ring (bicyclic) bond motifs is 1. The first-order chi connectivity index (χ1) is 14.2. The van der Waals surface area contributed by atoms with Crippen molar-refractivity contribution in [3.8, 4) is 11.5 Å². The molecule has 0 saturated heterocycles. The minimum atomic E-state index is -3.79. The molecule has 0 spiro atoms. The van der Waals surface area contributed by atoms with Crippen LogP contribution in [0.3, 0.4) is 0 Å². The molecular formula is C21H24N2O6S. The predicted octanol–water partition coefficient (Wildman–Crippen LogP) is 2.20. The zero-order valence-corrected chi connectivity index (χ0v) is 17.8. The fourth-order valence-electron chi connectivity index (χ4n) is 3.23. The summed E-state index contributed by atoms with van der Waals surface area (Å²) in [5.41, 5.74) is 1.71. The van der Waals surface area contributed by atoms with Crippen LogP contribution in [0.1, 0.15) is 24.5 Å². The molecule has 1 atom stereocenters. The lowest BCUT2D eigenvalue weighted by Crippen LogP contribution is -2.30. The van der Waals surface area contributed by atoms with E-state index in [1.54, 1.807) is 26.2 Å². The van der Waals surface area contributed by atoms with E-state index in [0.717, 1.165) is 5.56 Å². The molecule has 0 radical (unpaired) electrons. The van der Waals surface area contributed by atoms with Gasteiger partial charge in [0.25, 0.3) is 5.91 Å². The SMILES string of the molecule is COc1ccccc1CNC(=O)CC(C)S(=O)(=O)c1cc2c(cc1C)NC(=O)CO2. The van der Waals surface area contributed by atoms with Crippen LogP contribution in [-0.2, 0) is 26.0 Å². The van der Waals surface area contributed by atoms with Gasteiger partial charge in [0.1, 0.15) is 11.5 Å². The maximum Gasteiger partial charge on any atom is 0.262 e. The number of para-hydroxylation sites is 1. The van der Waals surface area contributed by atoms with Crippen molar-refractivity contribution in [1.82, 2.24) is 5.32 Å². The average Bonchev–Trinajstić information content (AvgIpc) is 2.71. The highest BCUT2D eigenvalue weighted by Crippen LogP contribution is 2.34. The van der Waals surface area contributed by atoms with E-state index in [2.05, 4.69) is 10.6 Å². The minimum absolute atomic E-state index is 0.0856. The van der Waals surface area contributed by atoms with Gasteiger partial charge in [-0.2, -0.15) is 0 Å². The topological polar surface area (TPSA) is 111 Å². The number of sulfone groups is 1. The third kappa shape index (κ3) is 4.56. The number of methoxy groups -OCH3 is 1. The molecule has 1 heterocycles. The Kier molecular flexibility index (Phi) is 6.31. The Morgan fingerprint density at radius 3 is 2.77 bits per heavy atom. The number of anilines is 1. The van der Waals surface area contributed by atoms with E-state index in [0.29, 0.717) is 22.7 Å². The summed E-state index contributed by atoms with van der Waals surface area (Å²) in [6.07, 6.45) is -0.189. The quantitative estimate of drug-likeness (QED) is 0.694. The molecule has 0 bridgehead atoms. The Morgan fingerprint density at radius 1 is 1.30 bits per heavy atom. The number of aryl methyl sites for hydroxylation is 1. The van der Waals surface area contributed by atoms with Crippen LogP contribution in [0.2, 0.25) is 0 Å². The van der Waals surface area contributed by atoms with Crippen molar-refractivity contribution in [2.24, 2.45) is 0 Å². The molecule has 1 unspecified atom stereocenters. The van der Waals surface area contributed by atoms with Crippen LogP contribution in [0.15, 0.2) is 41.3 Å². The van der Waals surface area contributed by atoms with E-state index >= 15 is 0 Å². The summed E-state index contributed by atoms with van der Waals surface area (Å²) in [6, 6.07) is 10.2. The molecule has 2 amide bonds. The zero-order valence-electron chi connectivity index (χ0n) is 17.0. The van der Waals surface area contributed by atoms with Gasteiger partial charge < -0.3 is 20.1 Å². The molecule has 0 aromatic heterocycles. The van der Waals surface area contributed by atoms with Crippen LogP contribution in [0, 0.1) is 6.92 Å². The number of ether oxygens (including phenoxy) is 2. The van der Waals surface area contributed by atoms with Crippen molar-refractivity contribution >= 4 is 27.3 Å². The number of hydrogen-bond donors (Lipinski definition) is 2. The van der Waals surface area contributed by atoms with Gasteiger partial charge in [0.05, 0.1) is 22.9 Å². The number of carbonyl (C=O) groups excluding carboxylic acids is 2. The summed E-state index contributed by atoms with van der Waals surface area (Å²) in [5, 5.41) is 4.45. The Labute approximate surface area is 175 Å². The molecule has 9 heteroatoms. The van der Waals surface area contributed by atoms with E-state index < -0.39 is 15.1 Å². The number of hydrogen-bond acceptors (Lipinski definition) is 6. The largest absolute Gasteiger partial charge is 0.496 e. The van der Waals surface area contributed by atoms with E-state index in [-0.39, 0.29) is 36.3 Å². The van der Waals surface area contributed by atoms with Crippen molar-refractivity contribution in [3.05, 3.63) is 47.5 Å². The van der Waals surface area contributed by atoms with Crippen LogP contribution in [-0.4, -0.2) is 39.2 Å². The third-order valence-electron chi connectivity index (χ3n) is 4.89. The van der Waals surface area contributed by atoms with Gasteiger partial charge in [0.15, 0.2) is 16.4 Å². The molecule has 0 aliphatic carbocycles. The van der Waals surface area contributed by atoms with Gasteiger partial charge in [-0.15, -0.1) is 0 Å². The Morgan fingerprint density at radius 2 is 2.03 bits per heavy atom. The van der Waals surface area contributed by atoms with Crippen molar-refractivity contribution < 1.29 is 27.5 Å². The van der Waals surface area contributed by atoms with Gasteiger partial charge in [0.2, 0.25) is 5.91 Å². The molecule has 30 heavy (non-hydrogen) atoms. The highest BCUT2D eigenvalue weighted by Gasteiger charge is 2.29. The molecule has 1 aliphatic heterocycles. The number of benzene rings is 2. The lowest BCUT2D eigenvalue weighted by atomic mass is 10.2. The molecule has 3 rings (SSSR count). The van der Waals surface area contributed by atoms with E-state index in [9.17, 15) is 18.0 Å². The maximum absolute atomic E-state index is 13.1. The number of rotatable bonds is 7. The molecule has 1 aliphatic rings. The summed E-state index contributed by atoms with van der Waals surface area (Å²) in [4.78, 5) is 23.9. The van der Waals surface area contributed by atoms with Crippen molar-refractivity contribution in [3.63, 3.8) is 0 Å². The number of amides is 2. The van der Waals surface area contributed by atoms with Crippen LogP contribution >= 0.6 is 0 Å². The summed E-state index contributed by atoms with van der Waals surface area (Å²) in [5.74, 6) is 0.274. The third-order valence-corrected chi connectivity index (χ3v) is 7.17. The second-order valence-electron chi connectivity index (χ2n) is 7.10. The molecule has 8 nitrogen and oxygen atoms in total. The van der Waals surface area contributed by atoms with Gasteiger partial charge >= 0.3 is 0 Å². The maximum atomic E-state index is 13.1. The molecule has 0 saturated carbocycles. The first kappa shape index (κ1) is 21.6. The standard InChI is InChI=1S/C21H24N2O6S/c1-13-8-16-18(29-12-21(25)23-16)10-19(13)30(26,27)14(2)9-20(24)22-11-15-6-4-5-7-17(15)28-3/h4-8,10,14H,9,11-12H2,1-3H3,(H,22,24)(H,23,25). The molecule has 2 aromatic carbocycles. The number of nitrogens with one attached hydrogen (secondary N) is 2. The Hall–Kier alpha value is -3.07. The fourth-order valence-corrected chi connectivity index (χ4v) is 4.81. The second-order valence-corrected chi connectivity index (χ2v) is 9.43. The first-order valence-corrected chi connectivity index (χ1v) is 11.0. The summed E-state index contributed by atoms with van der Waals surface area (Å²) in [7, 11) is -2.24. The highest BCUT2D eigenvalue weighted by atomic mass is 32.2.